The largest absolute Gasteiger partial charge is 0.384 e. The first-order valence-electron chi connectivity index (χ1n) is 6.58. The minimum atomic E-state index is -3.13. The number of nitriles is 1. The highest BCUT2D eigenvalue weighted by atomic mass is 32.2. The molecule has 20 heavy (non-hydrogen) atoms. The van der Waals surface area contributed by atoms with Crippen LogP contribution in [-0.4, -0.2) is 38.6 Å². The molecule has 1 aromatic carbocycles. The molecule has 0 spiro atoms. The SMILES string of the molecule is CCN(CCCNc1ccc(C)cc1C#N)S(C)(=O)=O. The maximum Gasteiger partial charge on any atom is 0.211 e. The maximum atomic E-state index is 11.4. The summed E-state index contributed by atoms with van der Waals surface area (Å²) < 4.78 is 24.3. The van der Waals surface area contributed by atoms with Gasteiger partial charge in [0.1, 0.15) is 6.07 Å². The van der Waals surface area contributed by atoms with Crippen LogP contribution in [-0.2, 0) is 10.0 Å². The minimum absolute atomic E-state index is 0.479. The predicted molar refractivity (Wildman–Crippen MR) is 81.1 cm³/mol. The van der Waals surface area contributed by atoms with E-state index in [0.29, 0.717) is 31.6 Å². The molecule has 1 N–H and O–H groups in total. The normalized spacial score (nSPS) is 11.3. The molecule has 0 unspecified atom stereocenters. The lowest BCUT2D eigenvalue weighted by molar-refractivity contribution is 0.429. The fraction of sp³-hybridized carbons (Fsp3) is 0.500. The summed E-state index contributed by atoms with van der Waals surface area (Å²) in [5.41, 5.74) is 2.45. The summed E-state index contributed by atoms with van der Waals surface area (Å²) in [7, 11) is -3.13. The van der Waals surface area contributed by atoms with Crippen molar-refractivity contribution in [2.75, 3.05) is 31.2 Å². The van der Waals surface area contributed by atoms with Gasteiger partial charge in [0.2, 0.25) is 10.0 Å². The van der Waals surface area contributed by atoms with Crippen molar-refractivity contribution in [3.8, 4) is 6.07 Å². The molecular weight excluding hydrogens is 274 g/mol. The molecule has 0 radical (unpaired) electrons. The van der Waals surface area contributed by atoms with Gasteiger partial charge in [0.05, 0.1) is 17.5 Å². The van der Waals surface area contributed by atoms with Gasteiger partial charge in [-0.05, 0) is 31.0 Å². The second-order valence-electron chi connectivity index (χ2n) is 4.70. The van der Waals surface area contributed by atoms with Gasteiger partial charge in [-0.2, -0.15) is 5.26 Å². The van der Waals surface area contributed by atoms with Crippen LogP contribution in [0.15, 0.2) is 18.2 Å². The van der Waals surface area contributed by atoms with Gasteiger partial charge in [-0.1, -0.05) is 13.0 Å². The molecule has 0 aliphatic rings. The average molecular weight is 295 g/mol. The van der Waals surface area contributed by atoms with Crippen LogP contribution in [0.25, 0.3) is 0 Å². The Balaban J connectivity index is 2.52. The first kappa shape index (κ1) is 16.5. The average Bonchev–Trinajstić information content (AvgIpc) is 2.38. The molecule has 0 amide bonds. The number of sulfonamides is 1. The maximum absolute atomic E-state index is 11.4. The number of nitrogens with one attached hydrogen (secondary N) is 1. The molecule has 0 heterocycles. The van der Waals surface area contributed by atoms with Crippen molar-refractivity contribution in [1.29, 1.82) is 5.26 Å². The molecule has 0 saturated carbocycles. The molecule has 0 aromatic heterocycles. The molecule has 0 bridgehead atoms. The number of aryl methyl sites for hydroxylation is 1. The van der Waals surface area contributed by atoms with Crippen molar-refractivity contribution in [2.24, 2.45) is 0 Å². The fourth-order valence-electron chi connectivity index (χ4n) is 1.94. The van der Waals surface area contributed by atoms with Crippen molar-refractivity contribution in [3.63, 3.8) is 0 Å². The van der Waals surface area contributed by atoms with Crippen molar-refractivity contribution in [3.05, 3.63) is 29.3 Å². The topological polar surface area (TPSA) is 73.2 Å². The molecule has 5 nitrogen and oxygen atoms in total. The zero-order chi connectivity index (χ0) is 15.2. The van der Waals surface area contributed by atoms with E-state index in [2.05, 4.69) is 11.4 Å². The summed E-state index contributed by atoms with van der Waals surface area (Å²) >= 11 is 0. The zero-order valence-corrected chi connectivity index (χ0v) is 13.0. The lowest BCUT2D eigenvalue weighted by Crippen LogP contribution is -2.31. The summed E-state index contributed by atoms with van der Waals surface area (Å²) in [6.45, 7) is 5.35. The summed E-state index contributed by atoms with van der Waals surface area (Å²) in [5, 5.41) is 12.2. The third-order valence-electron chi connectivity index (χ3n) is 3.02. The molecule has 0 fully saturated rings. The van der Waals surface area contributed by atoms with E-state index in [9.17, 15) is 8.42 Å². The van der Waals surface area contributed by atoms with Gasteiger partial charge in [0.15, 0.2) is 0 Å². The van der Waals surface area contributed by atoms with Crippen molar-refractivity contribution < 1.29 is 8.42 Å². The van der Waals surface area contributed by atoms with Crippen LogP contribution in [0.5, 0.6) is 0 Å². The Kier molecular flexibility index (Phi) is 5.99. The van der Waals surface area contributed by atoms with E-state index < -0.39 is 10.0 Å². The van der Waals surface area contributed by atoms with Crippen molar-refractivity contribution in [1.82, 2.24) is 4.31 Å². The molecular formula is C14H21N3O2S. The van der Waals surface area contributed by atoms with Gasteiger partial charge in [0.25, 0.3) is 0 Å². The van der Waals surface area contributed by atoms with Crippen LogP contribution < -0.4 is 5.32 Å². The Bertz CT molecular complexity index is 591. The lowest BCUT2D eigenvalue weighted by atomic mass is 10.1. The van der Waals surface area contributed by atoms with E-state index >= 15 is 0 Å². The Hall–Kier alpha value is -1.58. The van der Waals surface area contributed by atoms with Crippen LogP contribution in [0, 0.1) is 18.3 Å². The third-order valence-corrected chi connectivity index (χ3v) is 4.40. The number of anilines is 1. The standard InChI is InChI=1S/C14H21N3O2S/c1-4-17(20(3,18)19)9-5-8-16-14-7-6-12(2)10-13(14)11-15/h6-7,10,16H,4-5,8-9H2,1-3H3. The second-order valence-corrected chi connectivity index (χ2v) is 6.68. The highest BCUT2D eigenvalue weighted by molar-refractivity contribution is 7.88. The summed E-state index contributed by atoms with van der Waals surface area (Å²) in [6.07, 6.45) is 1.91. The van der Waals surface area contributed by atoms with Gasteiger partial charge in [-0.25, -0.2) is 12.7 Å². The number of hydrogen-bond donors (Lipinski definition) is 1. The molecule has 1 rings (SSSR count). The van der Waals surface area contributed by atoms with E-state index in [-0.39, 0.29) is 0 Å². The van der Waals surface area contributed by atoms with Crippen LogP contribution in [0.2, 0.25) is 0 Å². The Morgan fingerprint density at radius 2 is 2.10 bits per heavy atom. The molecule has 110 valence electrons. The smallest absolute Gasteiger partial charge is 0.211 e. The van der Waals surface area contributed by atoms with Gasteiger partial charge < -0.3 is 5.32 Å². The Morgan fingerprint density at radius 1 is 1.40 bits per heavy atom. The Morgan fingerprint density at radius 3 is 2.65 bits per heavy atom. The monoisotopic (exact) mass is 295 g/mol. The van der Waals surface area contributed by atoms with Crippen LogP contribution >= 0.6 is 0 Å². The first-order valence-corrected chi connectivity index (χ1v) is 8.43. The van der Waals surface area contributed by atoms with Gasteiger partial charge in [0, 0.05) is 19.6 Å². The molecule has 0 aliphatic carbocycles. The molecule has 6 heteroatoms. The highest BCUT2D eigenvalue weighted by Gasteiger charge is 2.13. The van der Waals surface area contributed by atoms with Gasteiger partial charge in [-0.15, -0.1) is 0 Å². The van der Waals surface area contributed by atoms with E-state index in [1.807, 2.05) is 32.0 Å². The molecule has 0 saturated heterocycles. The quantitative estimate of drug-likeness (QED) is 0.780. The van der Waals surface area contributed by atoms with Crippen LogP contribution in [0.4, 0.5) is 5.69 Å². The van der Waals surface area contributed by atoms with Crippen LogP contribution in [0.1, 0.15) is 24.5 Å². The van der Waals surface area contributed by atoms with Gasteiger partial charge in [-0.3, -0.25) is 0 Å². The predicted octanol–water partition coefficient (Wildman–Crippen LogP) is 1.95. The lowest BCUT2D eigenvalue weighted by Gasteiger charge is -2.18. The molecule has 0 atom stereocenters. The highest BCUT2D eigenvalue weighted by Crippen LogP contribution is 2.16. The summed E-state index contributed by atoms with van der Waals surface area (Å²) in [4.78, 5) is 0. The number of hydrogen-bond acceptors (Lipinski definition) is 4. The third kappa shape index (κ3) is 4.83. The fourth-order valence-corrected chi connectivity index (χ4v) is 2.87. The second kappa shape index (κ2) is 7.27. The van der Waals surface area contributed by atoms with Crippen molar-refractivity contribution in [2.45, 2.75) is 20.3 Å². The zero-order valence-electron chi connectivity index (χ0n) is 12.2. The first-order chi connectivity index (χ1) is 9.38. The minimum Gasteiger partial charge on any atom is -0.384 e. The Labute approximate surface area is 121 Å². The van der Waals surface area contributed by atoms with E-state index in [1.165, 1.54) is 10.6 Å². The van der Waals surface area contributed by atoms with E-state index in [1.54, 1.807) is 0 Å². The summed E-state index contributed by atoms with van der Waals surface area (Å²) in [6, 6.07) is 7.80. The van der Waals surface area contributed by atoms with Crippen LogP contribution in [0.3, 0.4) is 0 Å². The van der Waals surface area contributed by atoms with E-state index in [0.717, 1.165) is 11.3 Å². The number of benzene rings is 1. The van der Waals surface area contributed by atoms with Crippen molar-refractivity contribution >= 4 is 15.7 Å². The number of rotatable bonds is 7. The molecule has 1 aromatic rings. The van der Waals surface area contributed by atoms with Gasteiger partial charge >= 0.3 is 0 Å². The van der Waals surface area contributed by atoms with E-state index in [4.69, 9.17) is 5.26 Å². The molecule has 0 aliphatic heterocycles. The number of nitrogens with zero attached hydrogens (tertiary/aromatic N) is 2. The summed E-state index contributed by atoms with van der Waals surface area (Å²) in [5.74, 6) is 0.